The topological polar surface area (TPSA) is 39.6 Å². The highest BCUT2D eigenvalue weighted by atomic mass is 16.3. The lowest BCUT2D eigenvalue weighted by molar-refractivity contribution is 0.247. The number of piperazine rings is 1. The first-order valence-corrected chi connectivity index (χ1v) is 10.9. The second-order valence-corrected chi connectivity index (χ2v) is 8.27. The van der Waals surface area contributed by atoms with Crippen LogP contribution in [0.15, 0.2) is 78.9 Å². The molecule has 0 unspecified atom stereocenters. The van der Waals surface area contributed by atoms with E-state index in [0.717, 1.165) is 60.4 Å². The van der Waals surface area contributed by atoms with Gasteiger partial charge in [-0.25, -0.2) is 0 Å². The van der Waals surface area contributed by atoms with Crippen molar-refractivity contribution < 1.29 is 5.11 Å². The zero-order chi connectivity index (χ0) is 21.2. The maximum Gasteiger partial charge on any atom is 0.120 e. The van der Waals surface area contributed by atoms with Crippen LogP contribution < -0.4 is 4.90 Å². The van der Waals surface area contributed by atoms with Crippen molar-refractivity contribution in [2.24, 2.45) is 0 Å². The predicted octanol–water partition coefficient (Wildman–Crippen LogP) is 5.24. The van der Waals surface area contributed by atoms with E-state index in [0.29, 0.717) is 5.75 Å². The van der Waals surface area contributed by atoms with Crippen LogP contribution in [0.5, 0.6) is 5.75 Å². The monoisotopic (exact) mass is 409 g/mol. The number of benzene rings is 3. The molecule has 0 amide bonds. The molecule has 5 rings (SSSR count). The Morgan fingerprint density at radius 2 is 1.58 bits per heavy atom. The van der Waals surface area contributed by atoms with Gasteiger partial charge in [0, 0.05) is 55.1 Å². The summed E-state index contributed by atoms with van der Waals surface area (Å²) in [5, 5.41) is 11.7. The van der Waals surface area contributed by atoms with Crippen LogP contribution >= 0.6 is 0 Å². The molecule has 1 aromatic heterocycles. The fraction of sp³-hybridized carbons (Fsp3) is 0.222. The molecule has 0 bridgehead atoms. The molecule has 0 saturated carbocycles. The molecular weight excluding hydrogens is 382 g/mol. The standard InChI is InChI=1S/C27H27N3O/c1-20-17-25(24-9-5-6-10-26(24)28-20)21-11-12-27(31)22(18-21)19-29-13-15-30(16-14-29)23-7-3-2-4-8-23/h2-12,17-18,31H,13-16,19H2,1H3. The average Bonchev–Trinajstić information content (AvgIpc) is 2.81. The number of hydrogen-bond donors (Lipinski definition) is 1. The summed E-state index contributed by atoms with van der Waals surface area (Å²) in [6, 6.07) is 26.9. The zero-order valence-electron chi connectivity index (χ0n) is 17.8. The summed E-state index contributed by atoms with van der Waals surface area (Å²) in [6.45, 7) is 6.75. The maximum atomic E-state index is 10.6. The van der Waals surface area contributed by atoms with Gasteiger partial charge in [-0.1, -0.05) is 42.5 Å². The van der Waals surface area contributed by atoms with Crippen molar-refractivity contribution in [2.75, 3.05) is 31.1 Å². The number of rotatable bonds is 4. The lowest BCUT2D eigenvalue weighted by atomic mass is 9.98. The third-order valence-electron chi connectivity index (χ3n) is 6.12. The quantitative estimate of drug-likeness (QED) is 0.500. The fourth-order valence-electron chi connectivity index (χ4n) is 4.47. The van der Waals surface area contributed by atoms with Gasteiger partial charge < -0.3 is 10.0 Å². The van der Waals surface area contributed by atoms with E-state index in [1.807, 2.05) is 25.1 Å². The highest BCUT2D eigenvalue weighted by molar-refractivity contribution is 5.94. The van der Waals surface area contributed by atoms with Crippen LogP contribution in [-0.2, 0) is 6.54 Å². The first kappa shape index (κ1) is 19.6. The normalized spacial score (nSPS) is 14.8. The summed E-state index contributed by atoms with van der Waals surface area (Å²) in [5.74, 6) is 0.365. The van der Waals surface area contributed by atoms with E-state index in [9.17, 15) is 5.11 Å². The van der Waals surface area contributed by atoms with Gasteiger partial charge in [-0.15, -0.1) is 0 Å². The van der Waals surface area contributed by atoms with E-state index < -0.39 is 0 Å². The molecule has 2 heterocycles. The maximum absolute atomic E-state index is 10.6. The van der Waals surface area contributed by atoms with Gasteiger partial charge in [-0.3, -0.25) is 9.88 Å². The number of anilines is 1. The van der Waals surface area contributed by atoms with E-state index in [4.69, 9.17) is 0 Å². The number of hydrogen-bond acceptors (Lipinski definition) is 4. The first-order chi connectivity index (χ1) is 15.2. The third kappa shape index (κ3) is 4.12. The summed E-state index contributed by atoms with van der Waals surface area (Å²) in [7, 11) is 0. The lowest BCUT2D eigenvalue weighted by Crippen LogP contribution is -2.45. The van der Waals surface area contributed by atoms with Gasteiger partial charge in [0.1, 0.15) is 5.75 Å². The Kier molecular flexibility index (Phi) is 5.31. The molecule has 1 saturated heterocycles. The number of aromatic hydroxyl groups is 1. The van der Waals surface area contributed by atoms with Gasteiger partial charge in [0.25, 0.3) is 0 Å². The Morgan fingerprint density at radius 3 is 2.39 bits per heavy atom. The number of phenolic OH excluding ortho intramolecular Hbond substituents is 1. The summed E-state index contributed by atoms with van der Waals surface area (Å²) >= 11 is 0. The molecule has 31 heavy (non-hydrogen) atoms. The van der Waals surface area contributed by atoms with Crippen molar-refractivity contribution >= 4 is 16.6 Å². The van der Waals surface area contributed by atoms with Crippen molar-refractivity contribution in [1.29, 1.82) is 0 Å². The molecule has 0 atom stereocenters. The molecule has 3 aromatic carbocycles. The minimum absolute atomic E-state index is 0.365. The summed E-state index contributed by atoms with van der Waals surface area (Å²) in [6.07, 6.45) is 0. The average molecular weight is 410 g/mol. The van der Waals surface area contributed by atoms with Gasteiger partial charge in [-0.2, -0.15) is 0 Å². The number of pyridine rings is 1. The molecule has 4 heteroatoms. The largest absolute Gasteiger partial charge is 0.508 e. The molecule has 1 aliphatic rings. The summed E-state index contributed by atoms with van der Waals surface area (Å²) < 4.78 is 0. The van der Waals surface area contributed by atoms with Gasteiger partial charge in [0.2, 0.25) is 0 Å². The van der Waals surface area contributed by atoms with E-state index in [1.165, 1.54) is 11.3 Å². The van der Waals surface area contributed by atoms with Crippen LogP contribution in [0.3, 0.4) is 0 Å². The lowest BCUT2D eigenvalue weighted by Gasteiger charge is -2.36. The number of nitrogens with zero attached hydrogens (tertiary/aromatic N) is 3. The molecule has 1 aliphatic heterocycles. The van der Waals surface area contributed by atoms with Crippen LogP contribution in [0.1, 0.15) is 11.3 Å². The highest BCUT2D eigenvalue weighted by Gasteiger charge is 2.19. The summed E-state index contributed by atoms with van der Waals surface area (Å²) in [4.78, 5) is 9.52. The highest BCUT2D eigenvalue weighted by Crippen LogP contribution is 2.32. The summed E-state index contributed by atoms with van der Waals surface area (Å²) in [5.41, 5.74) is 6.55. The second kappa shape index (κ2) is 8.40. The molecule has 4 nitrogen and oxygen atoms in total. The predicted molar refractivity (Wildman–Crippen MR) is 128 cm³/mol. The molecule has 4 aromatic rings. The van der Waals surface area contributed by atoms with Crippen molar-refractivity contribution in [2.45, 2.75) is 13.5 Å². The molecule has 156 valence electrons. The number of phenols is 1. The van der Waals surface area contributed by atoms with Crippen molar-refractivity contribution in [3.05, 3.63) is 90.1 Å². The Balaban J connectivity index is 1.37. The van der Waals surface area contributed by atoms with E-state index in [1.54, 1.807) is 0 Å². The van der Waals surface area contributed by atoms with Crippen LogP contribution in [0, 0.1) is 6.92 Å². The number of fused-ring (bicyclic) bond motifs is 1. The fourth-order valence-corrected chi connectivity index (χ4v) is 4.47. The van der Waals surface area contributed by atoms with Crippen molar-refractivity contribution in [3.8, 4) is 16.9 Å². The first-order valence-electron chi connectivity index (χ1n) is 10.9. The molecular formula is C27H27N3O. The van der Waals surface area contributed by atoms with Crippen molar-refractivity contribution in [1.82, 2.24) is 9.88 Å². The van der Waals surface area contributed by atoms with Gasteiger partial charge >= 0.3 is 0 Å². The smallest absolute Gasteiger partial charge is 0.120 e. The Labute approximate surface area is 183 Å². The molecule has 0 spiro atoms. The van der Waals surface area contributed by atoms with Gasteiger partial charge in [0.15, 0.2) is 0 Å². The van der Waals surface area contributed by atoms with Gasteiger partial charge in [-0.05, 0) is 54.4 Å². The molecule has 1 fully saturated rings. The number of aryl methyl sites for hydroxylation is 1. The van der Waals surface area contributed by atoms with Crippen LogP contribution in [0.4, 0.5) is 5.69 Å². The molecule has 1 N–H and O–H groups in total. The molecule has 0 aliphatic carbocycles. The van der Waals surface area contributed by atoms with Crippen LogP contribution in [0.2, 0.25) is 0 Å². The van der Waals surface area contributed by atoms with Crippen LogP contribution in [-0.4, -0.2) is 41.2 Å². The Bertz CT molecular complexity index is 1200. The SMILES string of the molecule is Cc1cc(-c2ccc(O)c(CN3CCN(c4ccccc4)CC3)c2)c2ccccc2n1. The van der Waals surface area contributed by atoms with E-state index in [-0.39, 0.29) is 0 Å². The minimum Gasteiger partial charge on any atom is -0.508 e. The Morgan fingerprint density at radius 1 is 0.839 bits per heavy atom. The zero-order valence-corrected chi connectivity index (χ0v) is 17.8. The van der Waals surface area contributed by atoms with E-state index >= 15 is 0 Å². The number of aromatic nitrogens is 1. The Hall–Kier alpha value is -3.37. The minimum atomic E-state index is 0.365. The van der Waals surface area contributed by atoms with E-state index in [2.05, 4.69) is 75.4 Å². The van der Waals surface area contributed by atoms with Crippen LogP contribution in [0.25, 0.3) is 22.0 Å². The molecule has 0 radical (unpaired) electrons. The van der Waals surface area contributed by atoms with Gasteiger partial charge in [0.05, 0.1) is 5.52 Å². The second-order valence-electron chi connectivity index (χ2n) is 8.27. The number of para-hydroxylation sites is 2. The third-order valence-corrected chi connectivity index (χ3v) is 6.12. The van der Waals surface area contributed by atoms with Crippen molar-refractivity contribution in [3.63, 3.8) is 0 Å².